The first-order valence-electron chi connectivity index (χ1n) is 4.37. The number of aromatic nitrogens is 1. The molecule has 1 aliphatic heterocycles. The number of halogens is 1. The second-order valence-electron chi connectivity index (χ2n) is 3.02. The molecule has 0 spiro atoms. The fraction of sp³-hybridized carbons (Fsp3) is 0.444. The van der Waals surface area contributed by atoms with Gasteiger partial charge in [-0.15, -0.1) is 0 Å². The van der Waals surface area contributed by atoms with Crippen molar-refractivity contribution in [1.82, 2.24) is 4.98 Å². The Morgan fingerprint density at radius 3 is 2.64 bits per heavy atom. The third-order valence-electron chi connectivity index (χ3n) is 2.14. The van der Waals surface area contributed by atoms with Gasteiger partial charge in [-0.25, -0.2) is 0 Å². The van der Waals surface area contributed by atoms with Crippen molar-refractivity contribution in [2.45, 2.75) is 5.79 Å². The molecular formula is C9H11ClN2O2. The monoisotopic (exact) mass is 214 g/mol. The summed E-state index contributed by atoms with van der Waals surface area (Å²) in [6, 6.07) is 3.51. The molecule has 2 heterocycles. The zero-order valence-electron chi connectivity index (χ0n) is 7.57. The number of rotatable bonds is 2. The van der Waals surface area contributed by atoms with Crippen molar-refractivity contribution >= 4 is 11.6 Å². The van der Waals surface area contributed by atoms with Gasteiger partial charge in [-0.2, -0.15) is 0 Å². The molecular weight excluding hydrogens is 204 g/mol. The number of pyridine rings is 1. The van der Waals surface area contributed by atoms with E-state index in [4.69, 9.17) is 26.8 Å². The van der Waals surface area contributed by atoms with Crippen molar-refractivity contribution in [2.24, 2.45) is 5.73 Å². The van der Waals surface area contributed by atoms with E-state index < -0.39 is 5.79 Å². The van der Waals surface area contributed by atoms with Gasteiger partial charge in [0, 0.05) is 6.20 Å². The van der Waals surface area contributed by atoms with Crippen LogP contribution in [0.2, 0.25) is 5.02 Å². The number of nitrogens with zero attached hydrogens (tertiary/aromatic N) is 1. The molecule has 0 bridgehead atoms. The van der Waals surface area contributed by atoms with E-state index in [2.05, 4.69) is 4.98 Å². The topological polar surface area (TPSA) is 57.4 Å². The molecule has 0 saturated carbocycles. The molecule has 4 nitrogen and oxygen atoms in total. The first-order valence-corrected chi connectivity index (χ1v) is 4.75. The third kappa shape index (κ3) is 1.62. The third-order valence-corrected chi connectivity index (χ3v) is 2.36. The van der Waals surface area contributed by atoms with Crippen LogP contribution in [0.1, 0.15) is 5.69 Å². The Bertz CT molecular complexity index is 309. The molecule has 0 radical (unpaired) electrons. The molecule has 2 rings (SSSR count). The zero-order valence-corrected chi connectivity index (χ0v) is 8.33. The van der Waals surface area contributed by atoms with Crippen LogP contribution in [-0.2, 0) is 15.3 Å². The lowest BCUT2D eigenvalue weighted by Crippen LogP contribution is -2.36. The second kappa shape index (κ2) is 3.82. The highest BCUT2D eigenvalue weighted by Gasteiger charge is 2.38. The number of hydrogen-bond donors (Lipinski definition) is 1. The minimum absolute atomic E-state index is 0.252. The fourth-order valence-electron chi connectivity index (χ4n) is 1.43. The van der Waals surface area contributed by atoms with E-state index in [1.165, 1.54) is 0 Å². The zero-order chi connectivity index (χ0) is 10.0. The maximum Gasteiger partial charge on any atom is 0.225 e. The summed E-state index contributed by atoms with van der Waals surface area (Å²) in [5.41, 5.74) is 6.28. The highest BCUT2D eigenvalue weighted by Crippen LogP contribution is 2.29. The molecule has 5 heteroatoms. The molecule has 1 aromatic rings. The van der Waals surface area contributed by atoms with Crippen LogP contribution in [0.15, 0.2) is 18.3 Å². The van der Waals surface area contributed by atoms with Gasteiger partial charge in [-0.3, -0.25) is 4.98 Å². The quantitative estimate of drug-likeness (QED) is 0.795. The second-order valence-corrected chi connectivity index (χ2v) is 3.45. The van der Waals surface area contributed by atoms with Crippen LogP contribution in [-0.4, -0.2) is 24.7 Å². The van der Waals surface area contributed by atoms with Crippen LogP contribution < -0.4 is 5.73 Å². The van der Waals surface area contributed by atoms with Crippen molar-refractivity contribution in [2.75, 3.05) is 19.8 Å². The van der Waals surface area contributed by atoms with Crippen LogP contribution in [0.3, 0.4) is 0 Å². The van der Waals surface area contributed by atoms with Gasteiger partial charge in [-0.05, 0) is 12.1 Å². The van der Waals surface area contributed by atoms with Gasteiger partial charge < -0.3 is 15.2 Å². The Kier molecular flexibility index (Phi) is 2.69. The number of hydrogen-bond acceptors (Lipinski definition) is 4. The summed E-state index contributed by atoms with van der Waals surface area (Å²) in [7, 11) is 0. The van der Waals surface area contributed by atoms with Gasteiger partial charge in [0.2, 0.25) is 5.79 Å². The molecule has 1 aromatic heterocycles. The van der Waals surface area contributed by atoms with E-state index in [1.807, 2.05) is 0 Å². The molecule has 0 amide bonds. The Hall–Kier alpha value is -0.680. The lowest BCUT2D eigenvalue weighted by molar-refractivity contribution is -0.159. The van der Waals surface area contributed by atoms with Crippen LogP contribution in [0.5, 0.6) is 0 Å². The van der Waals surface area contributed by atoms with Crippen LogP contribution in [0, 0.1) is 0 Å². The standard InChI is InChI=1S/C9H11ClN2O2/c10-7-1-2-8(12-5-7)9(6-11)13-3-4-14-9/h1-2,5H,3-4,6,11H2. The Balaban J connectivity index is 2.31. The minimum atomic E-state index is -0.870. The van der Waals surface area contributed by atoms with Gasteiger partial charge in [0.25, 0.3) is 0 Å². The normalized spacial score (nSPS) is 19.9. The van der Waals surface area contributed by atoms with Gasteiger partial charge in [0.1, 0.15) is 5.69 Å². The summed E-state index contributed by atoms with van der Waals surface area (Å²) in [5, 5.41) is 0.582. The van der Waals surface area contributed by atoms with E-state index in [0.717, 1.165) is 0 Å². The summed E-state index contributed by atoms with van der Waals surface area (Å²) < 4.78 is 10.9. The lowest BCUT2D eigenvalue weighted by Gasteiger charge is -2.24. The van der Waals surface area contributed by atoms with Gasteiger partial charge in [0.15, 0.2) is 0 Å². The first kappa shape index (κ1) is 9.86. The van der Waals surface area contributed by atoms with E-state index in [0.29, 0.717) is 23.9 Å². The van der Waals surface area contributed by atoms with Gasteiger partial charge in [-0.1, -0.05) is 11.6 Å². The maximum atomic E-state index is 5.73. The molecule has 0 unspecified atom stereocenters. The summed E-state index contributed by atoms with van der Waals surface area (Å²) >= 11 is 5.73. The molecule has 2 N–H and O–H groups in total. The van der Waals surface area contributed by atoms with E-state index in [-0.39, 0.29) is 6.54 Å². The van der Waals surface area contributed by atoms with E-state index in [9.17, 15) is 0 Å². The minimum Gasteiger partial charge on any atom is -0.341 e. The Morgan fingerprint density at radius 2 is 2.14 bits per heavy atom. The van der Waals surface area contributed by atoms with Crippen LogP contribution in [0.4, 0.5) is 0 Å². The van der Waals surface area contributed by atoms with Crippen LogP contribution in [0.25, 0.3) is 0 Å². The molecule has 1 aliphatic rings. The summed E-state index contributed by atoms with van der Waals surface area (Å²) in [6.45, 7) is 1.34. The molecule has 1 fully saturated rings. The average Bonchev–Trinajstić information content (AvgIpc) is 2.68. The molecule has 1 saturated heterocycles. The van der Waals surface area contributed by atoms with Crippen molar-refractivity contribution in [3.8, 4) is 0 Å². The van der Waals surface area contributed by atoms with Crippen molar-refractivity contribution in [3.63, 3.8) is 0 Å². The predicted molar refractivity (Wildman–Crippen MR) is 51.9 cm³/mol. The summed E-state index contributed by atoms with van der Waals surface area (Å²) in [4.78, 5) is 4.14. The maximum absolute atomic E-state index is 5.73. The molecule has 0 aromatic carbocycles. The highest BCUT2D eigenvalue weighted by molar-refractivity contribution is 6.30. The predicted octanol–water partition coefficient (Wildman–Crippen LogP) is 0.893. The Morgan fingerprint density at radius 1 is 1.43 bits per heavy atom. The van der Waals surface area contributed by atoms with Crippen molar-refractivity contribution < 1.29 is 9.47 Å². The smallest absolute Gasteiger partial charge is 0.225 e. The summed E-state index contributed by atoms with van der Waals surface area (Å²) in [6.07, 6.45) is 1.55. The van der Waals surface area contributed by atoms with Gasteiger partial charge in [0.05, 0.1) is 24.8 Å². The lowest BCUT2D eigenvalue weighted by atomic mass is 10.2. The average molecular weight is 215 g/mol. The number of nitrogens with two attached hydrogens (primary N) is 1. The van der Waals surface area contributed by atoms with Crippen molar-refractivity contribution in [3.05, 3.63) is 29.0 Å². The van der Waals surface area contributed by atoms with Gasteiger partial charge >= 0.3 is 0 Å². The molecule has 0 atom stereocenters. The number of ether oxygens (including phenoxy) is 2. The fourth-order valence-corrected chi connectivity index (χ4v) is 1.54. The van der Waals surface area contributed by atoms with E-state index >= 15 is 0 Å². The molecule has 76 valence electrons. The van der Waals surface area contributed by atoms with Crippen molar-refractivity contribution in [1.29, 1.82) is 0 Å². The Labute approximate surface area is 87.0 Å². The highest BCUT2D eigenvalue weighted by atomic mass is 35.5. The summed E-state index contributed by atoms with van der Waals surface area (Å²) in [5.74, 6) is -0.870. The first-order chi connectivity index (χ1) is 6.77. The van der Waals surface area contributed by atoms with E-state index in [1.54, 1.807) is 18.3 Å². The molecule has 14 heavy (non-hydrogen) atoms. The van der Waals surface area contributed by atoms with Crippen LogP contribution >= 0.6 is 11.6 Å². The largest absolute Gasteiger partial charge is 0.341 e. The SMILES string of the molecule is NCC1(c2ccc(Cl)cn2)OCCO1. The molecule has 0 aliphatic carbocycles.